The molecule has 2 aromatic heterocycles. The molecule has 0 aliphatic rings. The molecule has 6 nitrogen and oxygen atoms in total. The molecule has 0 fully saturated rings. The van der Waals surface area contributed by atoms with Gasteiger partial charge in [0.2, 0.25) is 5.91 Å². The summed E-state index contributed by atoms with van der Waals surface area (Å²) in [5.41, 5.74) is 2.79. The van der Waals surface area contributed by atoms with Crippen LogP contribution in [0.4, 0.5) is 0 Å². The Bertz CT molecular complexity index is 707. The van der Waals surface area contributed by atoms with Crippen molar-refractivity contribution in [1.82, 2.24) is 24.2 Å². The van der Waals surface area contributed by atoms with E-state index >= 15 is 0 Å². The minimum Gasteiger partial charge on any atom is -0.341 e. The smallest absolute Gasteiger partial charge is 0.245 e. The number of imidazole rings is 1. The molecule has 21 heavy (non-hydrogen) atoms. The minimum absolute atomic E-state index is 0.0799. The van der Waals surface area contributed by atoms with Crippen LogP contribution in [0.5, 0.6) is 0 Å². The second kappa shape index (κ2) is 6.01. The van der Waals surface area contributed by atoms with E-state index in [-0.39, 0.29) is 11.9 Å². The number of rotatable bonds is 5. The molecule has 0 radical (unpaired) electrons. The summed E-state index contributed by atoms with van der Waals surface area (Å²) in [5.74, 6) is 0.0799. The number of H-pyrrole nitrogens is 1. The number of aromatic nitrogens is 4. The topological polar surface area (TPSA) is 58.9 Å². The lowest BCUT2D eigenvalue weighted by molar-refractivity contribution is -0.133. The van der Waals surface area contributed by atoms with Crippen molar-refractivity contribution in [3.63, 3.8) is 0 Å². The van der Waals surface area contributed by atoms with Crippen molar-refractivity contribution in [2.24, 2.45) is 7.05 Å². The third-order valence-corrected chi connectivity index (χ3v) is 4.22. The fraction of sp³-hybridized carbons (Fsp3) is 0.643. The van der Waals surface area contributed by atoms with Gasteiger partial charge in [0.05, 0.1) is 5.69 Å². The molecule has 1 unspecified atom stereocenters. The van der Waals surface area contributed by atoms with E-state index < -0.39 is 0 Å². The largest absolute Gasteiger partial charge is 0.341 e. The van der Waals surface area contributed by atoms with Crippen molar-refractivity contribution < 1.29 is 4.79 Å². The van der Waals surface area contributed by atoms with Crippen molar-refractivity contribution in [2.45, 2.75) is 40.2 Å². The summed E-state index contributed by atoms with van der Waals surface area (Å²) < 4.78 is 4.24. The molecule has 0 saturated carbocycles. The number of aryl methyl sites for hydroxylation is 2. The van der Waals surface area contributed by atoms with E-state index in [1.54, 1.807) is 4.68 Å². The number of likely N-dealkylation sites (N-methyl/N-ethyl adjacent to an activating group) is 1. The Morgan fingerprint density at radius 1 is 1.38 bits per heavy atom. The minimum atomic E-state index is -0.341. The molecule has 0 bridgehead atoms. The van der Waals surface area contributed by atoms with Crippen molar-refractivity contribution >= 4 is 29.3 Å². The van der Waals surface area contributed by atoms with Crippen LogP contribution < -0.4 is 0 Å². The molecule has 1 amide bonds. The van der Waals surface area contributed by atoms with Crippen molar-refractivity contribution in [3.05, 3.63) is 10.5 Å². The van der Waals surface area contributed by atoms with Gasteiger partial charge >= 0.3 is 0 Å². The first-order chi connectivity index (χ1) is 9.96. The Hall–Kier alpha value is -1.63. The zero-order valence-corrected chi connectivity index (χ0v) is 14.1. The lowest BCUT2D eigenvalue weighted by Gasteiger charge is -2.23. The fourth-order valence-corrected chi connectivity index (χ4v) is 3.10. The van der Waals surface area contributed by atoms with Gasteiger partial charge < -0.3 is 9.88 Å². The van der Waals surface area contributed by atoms with Gasteiger partial charge in [0.15, 0.2) is 10.4 Å². The van der Waals surface area contributed by atoms with E-state index in [1.165, 1.54) is 0 Å². The van der Waals surface area contributed by atoms with Gasteiger partial charge in [-0.2, -0.15) is 5.10 Å². The monoisotopic (exact) mass is 309 g/mol. The molecule has 116 valence electrons. The number of nitrogens with one attached hydrogen (secondary N) is 1. The molecule has 2 heterocycles. The van der Waals surface area contributed by atoms with Crippen LogP contribution in [0.2, 0.25) is 0 Å². The molecule has 1 N–H and O–H groups in total. The first-order valence-corrected chi connectivity index (χ1v) is 7.81. The van der Waals surface area contributed by atoms with Gasteiger partial charge in [0.1, 0.15) is 11.6 Å². The fourth-order valence-electron chi connectivity index (χ4n) is 2.75. The van der Waals surface area contributed by atoms with Crippen molar-refractivity contribution in [1.29, 1.82) is 0 Å². The molecule has 0 aliphatic heterocycles. The number of hydrogen-bond acceptors (Lipinski definition) is 3. The highest BCUT2D eigenvalue weighted by Gasteiger charge is 2.25. The molecule has 7 heteroatoms. The van der Waals surface area contributed by atoms with Gasteiger partial charge in [-0.1, -0.05) is 6.92 Å². The molecule has 0 spiro atoms. The van der Waals surface area contributed by atoms with Gasteiger partial charge in [-0.15, -0.1) is 0 Å². The summed E-state index contributed by atoms with van der Waals surface area (Å²) in [6, 6.07) is -0.341. The lowest BCUT2D eigenvalue weighted by Crippen LogP contribution is -2.36. The Balaban J connectivity index is 2.56. The van der Waals surface area contributed by atoms with Crippen molar-refractivity contribution in [2.75, 3.05) is 13.1 Å². The van der Waals surface area contributed by atoms with Crippen LogP contribution in [0.25, 0.3) is 11.2 Å². The van der Waals surface area contributed by atoms with Gasteiger partial charge in [0.25, 0.3) is 0 Å². The summed E-state index contributed by atoms with van der Waals surface area (Å²) in [7, 11) is 1.88. The quantitative estimate of drug-likeness (QED) is 0.863. The number of nitrogens with zero attached hydrogens (tertiary/aromatic N) is 4. The second-order valence-electron chi connectivity index (χ2n) is 5.11. The predicted octanol–water partition coefficient (Wildman–Crippen LogP) is 2.42. The van der Waals surface area contributed by atoms with Gasteiger partial charge in [-0.3, -0.25) is 14.0 Å². The summed E-state index contributed by atoms with van der Waals surface area (Å²) in [6.07, 6.45) is 0.824. The van der Waals surface area contributed by atoms with Crippen LogP contribution in [0.3, 0.4) is 0 Å². The van der Waals surface area contributed by atoms with Gasteiger partial charge in [0, 0.05) is 20.1 Å². The third-order valence-electron chi connectivity index (χ3n) is 3.92. The van der Waals surface area contributed by atoms with Crippen LogP contribution in [-0.2, 0) is 18.3 Å². The number of amides is 1. The molecule has 2 rings (SSSR count). The van der Waals surface area contributed by atoms with E-state index in [9.17, 15) is 4.79 Å². The molecule has 2 aromatic rings. The maximum Gasteiger partial charge on any atom is 0.245 e. The summed E-state index contributed by atoms with van der Waals surface area (Å²) in [5, 5.41) is 4.49. The number of aromatic amines is 1. The average Bonchev–Trinajstić information content (AvgIpc) is 2.96. The Morgan fingerprint density at radius 2 is 2.00 bits per heavy atom. The Labute approximate surface area is 129 Å². The van der Waals surface area contributed by atoms with E-state index in [0.717, 1.165) is 23.3 Å². The summed E-state index contributed by atoms with van der Waals surface area (Å²) >= 11 is 5.42. The van der Waals surface area contributed by atoms with Gasteiger partial charge in [-0.05, 0) is 39.4 Å². The zero-order chi connectivity index (χ0) is 15.7. The molecule has 0 saturated heterocycles. The lowest BCUT2D eigenvalue weighted by atomic mass is 10.2. The van der Waals surface area contributed by atoms with Crippen LogP contribution in [0.15, 0.2) is 0 Å². The van der Waals surface area contributed by atoms with E-state index in [2.05, 4.69) is 17.0 Å². The SMILES string of the molecule is CCc1nn(C)c2c1[nH]c(=S)n2C(C)C(=O)N(CC)CC. The highest BCUT2D eigenvalue weighted by atomic mass is 32.1. The number of carbonyl (C=O) groups excluding carboxylic acids is 1. The third kappa shape index (κ3) is 2.50. The second-order valence-corrected chi connectivity index (χ2v) is 5.50. The zero-order valence-electron chi connectivity index (χ0n) is 13.3. The maximum absolute atomic E-state index is 12.6. The highest BCUT2D eigenvalue weighted by Crippen LogP contribution is 2.23. The number of fused-ring (bicyclic) bond motifs is 1. The van der Waals surface area contributed by atoms with Crippen LogP contribution in [0, 0.1) is 4.77 Å². The van der Waals surface area contributed by atoms with E-state index in [4.69, 9.17) is 12.2 Å². The van der Waals surface area contributed by atoms with Gasteiger partial charge in [-0.25, -0.2) is 0 Å². The molecular weight excluding hydrogens is 286 g/mol. The normalized spacial score (nSPS) is 12.8. The number of carbonyl (C=O) groups is 1. The molecule has 1 atom stereocenters. The Kier molecular flexibility index (Phi) is 4.51. The van der Waals surface area contributed by atoms with E-state index in [1.807, 2.05) is 37.3 Å². The summed E-state index contributed by atoms with van der Waals surface area (Å²) in [6.45, 7) is 9.32. The molecular formula is C14H23N5OS. The standard InChI is InChI=1S/C14H23N5OS/c1-6-10-11-12(17(5)16-10)19(14(21)15-11)9(4)13(20)18(7-2)8-3/h9H,6-8H2,1-5H3,(H,15,21). The Morgan fingerprint density at radius 3 is 2.52 bits per heavy atom. The molecule has 0 aromatic carbocycles. The predicted molar refractivity (Wildman–Crippen MR) is 85.9 cm³/mol. The first kappa shape index (κ1) is 15.8. The first-order valence-electron chi connectivity index (χ1n) is 7.41. The van der Waals surface area contributed by atoms with Crippen LogP contribution in [0.1, 0.15) is 39.4 Å². The highest BCUT2D eigenvalue weighted by molar-refractivity contribution is 7.71. The number of hydrogen-bond donors (Lipinski definition) is 1. The average molecular weight is 309 g/mol. The maximum atomic E-state index is 12.6. The van der Waals surface area contributed by atoms with Crippen LogP contribution in [-0.4, -0.2) is 43.2 Å². The summed E-state index contributed by atoms with van der Waals surface area (Å²) in [4.78, 5) is 17.6. The molecule has 0 aliphatic carbocycles. The van der Waals surface area contributed by atoms with Crippen LogP contribution >= 0.6 is 12.2 Å². The van der Waals surface area contributed by atoms with E-state index in [0.29, 0.717) is 17.9 Å². The van der Waals surface area contributed by atoms with Crippen molar-refractivity contribution in [3.8, 4) is 0 Å².